The van der Waals surface area contributed by atoms with Crippen LogP contribution in [0.1, 0.15) is 28.8 Å². The molecule has 1 aliphatic rings. The Bertz CT molecular complexity index is 867. The number of hydrogen-bond donors (Lipinski definition) is 2. The average molecular weight is 395 g/mol. The first-order valence-corrected chi connectivity index (χ1v) is 9.62. The van der Waals surface area contributed by atoms with Gasteiger partial charge in [0.25, 0.3) is 0 Å². The summed E-state index contributed by atoms with van der Waals surface area (Å²) in [6, 6.07) is 15.6. The predicted octanol–water partition coefficient (Wildman–Crippen LogP) is 3.29. The van der Waals surface area contributed by atoms with E-state index in [1.165, 1.54) is 12.1 Å². The molecule has 1 saturated heterocycles. The molecule has 0 aliphatic carbocycles. The highest BCUT2D eigenvalue weighted by Gasteiger charge is 2.30. The number of aromatic carboxylic acids is 1. The largest absolute Gasteiger partial charge is 0.478 e. The molecule has 1 heterocycles. The number of hydrogen-bond acceptors (Lipinski definition) is 3. The van der Waals surface area contributed by atoms with Gasteiger partial charge in [0, 0.05) is 32.4 Å². The fraction of sp³-hybridized carbons (Fsp3) is 0.318. The SMILES string of the molecule is CN(Cc1ccc(C(=O)O)cc1)C(=O)C1CCCN(C(=O)Nc2ccccc2)C1. The van der Waals surface area contributed by atoms with Crippen molar-refractivity contribution in [1.29, 1.82) is 0 Å². The number of amides is 3. The van der Waals surface area contributed by atoms with Crippen LogP contribution >= 0.6 is 0 Å². The third kappa shape index (κ3) is 5.34. The molecule has 1 fully saturated rings. The second-order valence-electron chi connectivity index (χ2n) is 7.28. The summed E-state index contributed by atoms with van der Waals surface area (Å²) in [6.45, 7) is 1.41. The molecule has 1 aliphatic heterocycles. The van der Waals surface area contributed by atoms with Crippen molar-refractivity contribution in [3.8, 4) is 0 Å². The number of rotatable bonds is 5. The first kappa shape index (κ1) is 20.4. The summed E-state index contributed by atoms with van der Waals surface area (Å²) in [5.41, 5.74) is 1.81. The molecule has 1 atom stereocenters. The van der Waals surface area contributed by atoms with Gasteiger partial charge in [-0.3, -0.25) is 4.79 Å². The number of piperidine rings is 1. The average Bonchev–Trinajstić information content (AvgIpc) is 2.74. The number of carboxylic acid groups (broad SMARTS) is 1. The number of nitrogens with one attached hydrogen (secondary N) is 1. The third-order valence-electron chi connectivity index (χ3n) is 5.08. The molecule has 0 aromatic heterocycles. The van der Waals surface area contributed by atoms with E-state index >= 15 is 0 Å². The number of anilines is 1. The monoisotopic (exact) mass is 395 g/mol. The van der Waals surface area contributed by atoms with Crippen LogP contribution in [0.3, 0.4) is 0 Å². The van der Waals surface area contributed by atoms with Crippen molar-refractivity contribution in [1.82, 2.24) is 9.80 Å². The Hall–Kier alpha value is -3.35. The first-order chi connectivity index (χ1) is 13.9. The summed E-state index contributed by atoms with van der Waals surface area (Å²) in [7, 11) is 1.73. The van der Waals surface area contributed by atoms with Crippen LogP contribution < -0.4 is 5.32 Å². The topological polar surface area (TPSA) is 90.0 Å². The number of carboxylic acids is 1. The van der Waals surface area contributed by atoms with Gasteiger partial charge in [0.05, 0.1) is 11.5 Å². The number of benzene rings is 2. The molecule has 0 saturated carbocycles. The lowest BCUT2D eigenvalue weighted by Gasteiger charge is -2.34. The number of carbonyl (C=O) groups excluding carboxylic acids is 2. The lowest BCUT2D eigenvalue weighted by Crippen LogP contribution is -2.47. The maximum absolute atomic E-state index is 12.9. The molecule has 3 amide bonds. The number of carbonyl (C=O) groups is 3. The Morgan fingerprint density at radius 1 is 1.10 bits per heavy atom. The van der Waals surface area contributed by atoms with Crippen LogP contribution in [-0.2, 0) is 11.3 Å². The van der Waals surface area contributed by atoms with Crippen molar-refractivity contribution >= 4 is 23.6 Å². The highest BCUT2D eigenvalue weighted by atomic mass is 16.4. The Morgan fingerprint density at radius 2 is 1.79 bits per heavy atom. The second-order valence-corrected chi connectivity index (χ2v) is 7.28. The lowest BCUT2D eigenvalue weighted by molar-refractivity contribution is -0.136. The van der Waals surface area contributed by atoms with Crippen molar-refractivity contribution in [3.63, 3.8) is 0 Å². The van der Waals surface area contributed by atoms with Crippen LogP contribution in [0, 0.1) is 5.92 Å². The Balaban J connectivity index is 1.56. The van der Waals surface area contributed by atoms with E-state index in [1.807, 2.05) is 30.3 Å². The van der Waals surface area contributed by atoms with Crippen LogP contribution in [0.2, 0.25) is 0 Å². The molecule has 0 bridgehead atoms. The zero-order valence-corrected chi connectivity index (χ0v) is 16.4. The molecule has 0 spiro atoms. The fourth-order valence-electron chi connectivity index (χ4n) is 3.50. The zero-order valence-electron chi connectivity index (χ0n) is 16.4. The summed E-state index contributed by atoms with van der Waals surface area (Å²) in [6.07, 6.45) is 1.52. The highest BCUT2D eigenvalue weighted by Crippen LogP contribution is 2.20. The maximum atomic E-state index is 12.9. The number of likely N-dealkylation sites (tertiary alicyclic amines) is 1. The molecule has 1 unspecified atom stereocenters. The molecular weight excluding hydrogens is 370 g/mol. The molecule has 0 radical (unpaired) electrons. The van der Waals surface area contributed by atoms with E-state index in [1.54, 1.807) is 29.0 Å². The van der Waals surface area contributed by atoms with Crippen molar-refractivity contribution in [3.05, 3.63) is 65.7 Å². The molecule has 3 rings (SSSR count). The summed E-state index contributed by atoms with van der Waals surface area (Å²) >= 11 is 0. The van der Waals surface area contributed by atoms with Crippen LogP contribution in [0.4, 0.5) is 10.5 Å². The van der Waals surface area contributed by atoms with Crippen molar-refractivity contribution < 1.29 is 19.5 Å². The van der Waals surface area contributed by atoms with E-state index in [0.29, 0.717) is 19.6 Å². The summed E-state index contributed by atoms with van der Waals surface area (Å²) in [5.74, 6) is -1.23. The predicted molar refractivity (Wildman–Crippen MR) is 110 cm³/mol. The standard InChI is InChI=1S/C22H25N3O4/c1-24(14-16-9-11-17(12-10-16)21(27)28)20(26)18-6-5-13-25(15-18)22(29)23-19-7-3-2-4-8-19/h2-4,7-12,18H,5-6,13-15H2,1H3,(H,23,29)(H,27,28). The van der Waals surface area contributed by atoms with Crippen LogP contribution in [0.15, 0.2) is 54.6 Å². The van der Waals surface area contributed by atoms with E-state index < -0.39 is 5.97 Å². The molecule has 7 nitrogen and oxygen atoms in total. The van der Waals surface area contributed by atoms with Crippen LogP contribution in [-0.4, -0.2) is 53.0 Å². The van der Waals surface area contributed by atoms with Crippen LogP contribution in [0.5, 0.6) is 0 Å². The second kappa shape index (κ2) is 9.23. The summed E-state index contributed by atoms with van der Waals surface area (Å²) in [4.78, 5) is 39.7. The molecule has 152 valence electrons. The van der Waals surface area contributed by atoms with Gasteiger partial charge in [-0.05, 0) is 42.7 Å². The van der Waals surface area contributed by atoms with Gasteiger partial charge >= 0.3 is 12.0 Å². The third-order valence-corrected chi connectivity index (χ3v) is 5.08. The quantitative estimate of drug-likeness (QED) is 0.813. The van der Waals surface area contributed by atoms with E-state index in [2.05, 4.69) is 5.32 Å². The van der Waals surface area contributed by atoms with Gasteiger partial charge < -0.3 is 20.2 Å². The number of nitrogens with zero attached hydrogens (tertiary/aromatic N) is 2. The number of urea groups is 1. The molecule has 2 aromatic rings. The van der Waals surface area contributed by atoms with E-state index in [0.717, 1.165) is 24.1 Å². The molecule has 2 N–H and O–H groups in total. The minimum absolute atomic E-state index is 0.00970. The van der Waals surface area contributed by atoms with Gasteiger partial charge in [-0.15, -0.1) is 0 Å². The van der Waals surface area contributed by atoms with Crippen molar-refractivity contribution in [2.45, 2.75) is 19.4 Å². The summed E-state index contributed by atoms with van der Waals surface area (Å²) in [5, 5.41) is 11.8. The Morgan fingerprint density at radius 3 is 2.45 bits per heavy atom. The zero-order chi connectivity index (χ0) is 20.8. The maximum Gasteiger partial charge on any atom is 0.335 e. The summed E-state index contributed by atoms with van der Waals surface area (Å²) < 4.78 is 0. The lowest BCUT2D eigenvalue weighted by atomic mass is 9.96. The van der Waals surface area contributed by atoms with E-state index in [4.69, 9.17) is 5.11 Å². The number of para-hydroxylation sites is 1. The normalized spacial score (nSPS) is 16.2. The molecule has 2 aromatic carbocycles. The smallest absolute Gasteiger partial charge is 0.335 e. The van der Waals surface area contributed by atoms with Crippen molar-refractivity contribution in [2.24, 2.45) is 5.92 Å². The van der Waals surface area contributed by atoms with Crippen molar-refractivity contribution in [2.75, 3.05) is 25.5 Å². The van der Waals surface area contributed by atoms with Gasteiger partial charge in [0.15, 0.2) is 0 Å². The van der Waals surface area contributed by atoms with Gasteiger partial charge in [-0.25, -0.2) is 9.59 Å². The van der Waals surface area contributed by atoms with Crippen LogP contribution in [0.25, 0.3) is 0 Å². The minimum Gasteiger partial charge on any atom is -0.478 e. The van der Waals surface area contributed by atoms with E-state index in [-0.39, 0.29) is 23.4 Å². The molecular formula is C22H25N3O4. The fourth-order valence-corrected chi connectivity index (χ4v) is 3.50. The highest BCUT2D eigenvalue weighted by molar-refractivity contribution is 5.90. The first-order valence-electron chi connectivity index (χ1n) is 9.62. The van der Waals surface area contributed by atoms with Gasteiger partial charge in [-0.1, -0.05) is 30.3 Å². The Kier molecular flexibility index (Phi) is 6.49. The van der Waals surface area contributed by atoms with Gasteiger partial charge in [0.1, 0.15) is 0 Å². The molecule has 7 heteroatoms. The molecule has 29 heavy (non-hydrogen) atoms. The Labute approximate surface area is 169 Å². The van der Waals surface area contributed by atoms with E-state index in [9.17, 15) is 14.4 Å². The van der Waals surface area contributed by atoms with Gasteiger partial charge in [0.2, 0.25) is 5.91 Å². The minimum atomic E-state index is -0.975. The van der Waals surface area contributed by atoms with Gasteiger partial charge in [-0.2, -0.15) is 0 Å².